The number of nitrogens with zero attached hydrogens (tertiary/aromatic N) is 2. The van der Waals surface area contributed by atoms with Crippen LogP contribution in [0.5, 0.6) is 0 Å². The van der Waals surface area contributed by atoms with E-state index in [0.717, 1.165) is 11.1 Å². The van der Waals surface area contributed by atoms with E-state index >= 15 is 0 Å². The summed E-state index contributed by atoms with van der Waals surface area (Å²) in [7, 11) is -3.67. The molecule has 1 heterocycles. The fourth-order valence-electron chi connectivity index (χ4n) is 1.64. The van der Waals surface area contributed by atoms with Gasteiger partial charge in [-0.1, -0.05) is 24.3 Å². The Bertz CT molecular complexity index is 608. The van der Waals surface area contributed by atoms with Gasteiger partial charge in [0.15, 0.2) is 0 Å². The zero-order valence-corrected chi connectivity index (χ0v) is 10.5. The molecule has 2 aromatic rings. The van der Waals surface area contributed by atoms with Gasteiger partial charge in [-0.3, -0.25) is 0 Å². The fraction of sp³-hybridized carbons (Fsp3) is 0.182. The maximum atomic E-state index is 10.9. The summed E-state index contributed by atoms with van der Waals surface area (Å²) in [4.78, 5) is 3.96. The van der Waals surface area contributed by atoms with Gasteiger partial charge in [0.2, 0.25) is 0 Å². The van der Waals surface area contributed by atoms with Crippen LogP contribution in [0.3, 0.4) is 0 Å². The Morgan fingerprint density at radius 1 is 1.28 bits per heavy atom. The van der Waals surface area contributed by atoms with Crippen molar-refractivity contribution in [1.29, 1.82) is 0 Å². The number of nitrogens with one attached hydrogen (secondary N) is 1. The monoisotopic (exact) mass is 266 g/mol. The van der Waals surface area contributed by atoms with Crippen molar-refractivity contribution in [1.82, 2.24) is 14.3 Å². The van der Waals surface area contributed by atoms with Crippen molar-refractivity contribution in [2.45, 2.75) is 13.1 Å². The highest BCUT2D eigenvalue weighted by Gasteiger charge is 2.06. The first kappa shape index (κ1) is 12.7. The number of benzene rings is 1. The number of hydrogen-bond acceptors (Lipinski definition) is 3. The Morgan fingerprint density at radius 2 is 2.00 bits per heavy atom. The van der Waals surface area contributed by atoms with Crippen molar-refractivity contribution >= 4 is 10.2 Å². The fourth-order valence-corrected chi connectivity index (χ4v) is 2.00. The van der Waals surface area contributed by atoms with E-state index < -0.39 is 10.2 Å². The minimum absolute atomic E-state index is 0.184. The quantitative estimate of drug-likeness (QED) is 0.811. The van der Waals surface area contributed by atoms with Gasteiger partial charge in [-0.25, -0.2) is 10.1 Å². The number of nitrogens with two attached hydrogens (primary N) is 1. The summed E-state index contributed by atoms with van der Waals surface area (Å²) in [5.74, 6) is 0. The minimum atomic E-state index is -3.67. The lowest BCUT2D eigenvalue weighted by molar-refractivity contribution is 0.582. The molecule has 0 amide bonds. The molecule has 0 aliphatic rings. The molecule has 0 unspecified atom stereocenters. The summed E-state index contributed by atoms with van der Waals surface area (Å²) in [6, 6.07) is 7.58. The van der Waals surface area contributed by atoms with Crippen molar-refractivity contribution in [3.63, 3.8) is 0 Å². The number of aromatic nitrogens is 2. The van der Waals surface area contributed by atoms with E-state index in [2.05, 4.69) is 9.71 Å². The Labute approximate surface area is 106 Å². The van der Waals surface area contributed by atoms with Gasteiger partial charge >= 0.3 is 0 Å². The molecule has 0 spiro atoms. The van der Waals surface area contributed by atoms with Gasteiger partial charge in [0.25, 0.3) is 10.2 Å². The molecule has 1 aromatic heterocycles. The molecule has 1 aromatic carbocycles. The van der Waals surface area contributed by atoms with Crippen molar-refractivity contribution < 1.29 is 8.42 Å². The predicted molar refractivity (Wildman–Crippen MR) is 67.7 cm³/mol. The molecule has 0 atom stereocenters. The lowest BCUT2D eigenvalue weighted by atomic mass is 10.1. The summed E-state index contributed by atoms with van der Waals surface area (Å²) in [6.45, 7) is 0.826. The second kappa shape index (κ2) is 5.30. The Hall–Kier alpha value is -1.70. The Balaban J connectivity index is 2.15. The lowest BCUT2D eigenvalue weighted by Crippen LogP contribution is -2.30. The van der Waals surface area contributed by atoms with Crippen LogP contribution < -0.4 is 9.86 Å². The zero-order valence-electron chi connectivity index (χ0n) is 9.65. The first-order valence-electron chi connectivity index (χ1n) is 5.34. The normalized spacial score (nSPS) is 11.6. The first-order chi connectivity index (χ1) is 8.54. The molecule has 3 N–H and O–H groups in total. The molecule has 6 nitrogen and oxygen atoms in total. The molecule has 2 rings (SSSR count). The van der Waals surface area contributed by atoms with E-state index in [1.807, 2.05) is 35.0 Å². The van der Waals surface area contributed by atoms with Crippen LogP contribution in [-0.4, -0.2) is 18.0 Å². The van der Waals surface area contributed by atoms with E-state index in [-0.39, 0.29) is 6.54 Å². The minimum Gasteiger partial charge on any atom is -0.333 e. The third-order valence-corrected chi connectivity index (χ3v) is 3.04. The van der Waals surface area contributed by atoms with Crippen molar-refractivity contribution in [3.8, 4) is 0 Å². The van der Waals surface area contributed by atoms with Crippen LogP contribution in [0.2, 0.25) is 0 Å². The van der Waals surface area contributed by atoms with Gasteiger partial charge in [-0.2, -0.15) is 13.1 Å². The van der Waals surface area contributed by atoms with Crippen molar-refractivity contribution in [3.05, 3.63) is 54.1 Å². The second-order valence-electron chi connectivity index (χ2n) is 3.87. The average Bonchev–Trinajstić information content (AvgIpc) is 2.80. The maximum absolute atomic E-state index is 10.9. The van der Waals surface area contributed by atoms with Crippen molar-refractivity contribution in [2.24, 2.45) is 5.14 Å². The second-order valence-corrected chi connectivity index (χ2v) is 5.25. The van der Waals surface area contributed by atoms with Gasteiger partial charge in [-0.05, 0) is 11.1 Å². The molecule has 96 valence electrons. The molecular weight excluding hydrogens is 252 g/mol. The predicted octanol–water partition coefficient (Wildman–Crippen LogP) is 0.224. The smallest absolute Gasteiger partial charge is 0.274 e. The molecule has 0 saturated heterocycles. The highest BCUT2D eigenvalue weighted by atomic mass is 32.2. The van der Waals surface area contributed by atoms with E-state index in [1.165, 1.54) is 0 Å². The number of hydrogen-bond donors (Lipinski definition) is 2. The van der Waals surface area contributed by atoms with E-state index in [0.29, 0.717) is 6.54 Å². The van der Waals surface area contributed by atoms with E-state index in [1.54, 1.807) is 12.5 Å². The van der Waals surface area contributed by atoms with Crippen LogP contribution in [0.15, 0.2) is 43.0 Å². The first-order valence-corrected chi connectivity index (χ1v) is 6.89. The molecule has 0 radical (unpaired) electrons. The topological polar surface area (TPSA) is 90.0 Å². The Kier molecular flexibility index (Phi) is 3.75. The Morgan fingerprint density at radius 3 is 2.61 bits per heavy atom. The van der Waals surface area contributed by atoms with Crippen LogP contribution in [0.4, 0.5) is 0 Å². The van der Waals surface area contributed by atoms with E-state index in [9.17, 15) is 8.42 Å². The standard InChI is InChI=1S/C11H14N4O2S/c12-18(16,17)14-7-10-3-1-2-4-11(10)8-15-6-5-13-9-15/h1-6,9,14H,7-8H2,(H2,12,16,17). The van der Waals surface area contributed by atoms with Crippen LogP contribution in [0.1, 0.15) is 11.1 Å². The third kappa shape index (κ3) is 3.66. The summed E-state index contributed by atoms with van der Waals surface area (Å²) in [6.07, 6.45) is 5.26. The van der Waals surface area contributed by atoms with Gasteiger partial charge in [0.1, 0.15) is 0 Å². The summed E-state index contributed by atoms with van der Waals surface area (Å²) in [5.41, 5.74) is 1.91. The summed E-state index contributed by atoms with van der Waals surface area (Å²) < 4.78 is 26.0. The van der Waals surface area contributed by atoms with Crippen LogP contribution in [-0.2, 0) is 23.3 Å². The highest BCUT2D eigenvalue weighted by Crippen LogP contribution is 2.10. The van der Waals surface area contributed by atoms with Gasteiger partial charge in [0, 0.05) is 25.5 Å². The molecule has 7 heteroatoms. The SMILES string of the molecule is NS(=O)(=O)NCc1ccccc1Cn1ccnc1. The molecule has 0 saturated carbocycles. The van der Waals surface area contributed by atoms with E-state index in [4.69, 9.17) is 5.14 Å². The number of rotatable bonds is 5. The largest absolute Gasteiger partial charge is 0.333 e. The molecular formula is C11H14N4O2S. The summed E-state index contributed by atoms with van der Waals surface area (Å²) in [5, 5.41) is 4.92. The maximum Gasteiger partial charge on any atom is 0.274 e. The molecule has 0 bridgehead atoms. The van der Waals surface area contributed by atoms with Crippen LogP contribution >= 0.6 is 0 Å². The zero-order chi connectivity index (χ0) is 13.0. The lowest BCUT2D eigenvalue weighted by Gasteiger charge is -2.10. The molecule has 0 aliphatic heterocycles. The van der Waals surface area contributed by atoms with Crippen molar-refractivity contribution in [2.75, 3.05) is 0 Å². The summed E-state index contributed by atoms with van der Waals surface area (Å²) >= 11 is 0. The average molecular weight is 266 g/mol. The molecule has 0 fully saturated rings. The van der Waals surface area contributed by atoms with Gasteiger partial charge in [-0.15, -0.1) is 0 Å². The van der Waals surface area contributed by atoms with Gasteiger partial charge < -0.3 is 4.57 Å². The highest BCUT2D eigenvalue weighted by molar-refractivity contribution is 7.87. The van der Waals surface area contributed by atoms with Crippen LogP contribution in [0.25, 0.3) is 0 Å². The third-order valence-electron chi connectivity index (χ3n) is 2.49. The number of imidazole rings is 1. The van der Waals surface area contributed by atoms with Crippen LogP contribution in [0, 0.1) is 0 Å². The van der Waals surface area contributed by atoms with Gasteiger partial charge in [0.05, 0.1) is 6.33 Å². The molecule has 0 aliphatic carbocycles. The molecule has 18 heavy (non-hydrogen) atoms.